The second kappa shape index (κ2) is 7.53. The van der Waals surface area contributed by atoms with Gasteiger partial charge in [0, 0.05) is 31.4 Å². The van der Waals surface area contributed by atoms with Crippen molar-refractivity contribution in [1.82, 2.24) is 14.5 Å². The van der Waals surface area contributed by atoms with Gasteiger partial charge in [-0.05, 0) is 58.1 Å². The summed E-state index contributed by atoms with van der Waals surface area (Å²) in [6.07, 6.45) is 3.66. The molecule has 0 bridgehead atoms. The van der Waals surface area contributed by atoms with Crippen LogP contribution in [0.4, 0.5) is 4.79 Å². The summed E-state index contributed by atoms with van der Waals surface area (Å²) in [6.45, 7) is 10.2. The largest absolute Gasteiger partial charge is 0.444 e. The van der Waals surface area contributed by atoms with Crippen LogP contribution >= 0.6 is 0 Å². The monoisotopic (exact) mass is 377 g/mol. The average molecular weight is 378 g/mol. The predicted molar refractivity (Wildman–Crippen MR) is 100 cm³/mol. The number of amides is 1. The summed E-state index contributed by atoms with van der Waals surface area (Å²) in [5.74, 6) is 0. The first-order valence-electron chi connectivity index (χ1n) is 8.55. The highest BCUT2D eigenvalue weighted by molar-refractivity contribution is 8.27. The molecule has 2 fully saturated rings. The fraction of sp³-hybridized carbons (Fsp3) is 0.938. The van der Waals surface area contributed by atoms with Gasteiger partial charge in [0.25, 0.3) is 0 Å². The third kappa shape index (κ3) is 5.11. The minimum atomic E-state index is -0.730. The van der Waals surface area contributed by atoms with Crippen LogP contribution in [-0.4, -0.2) is 69.7 Å². The standard InChI is InChI=1S/C16H31N3O3S2/c1-15(2,3)22-14(21)19-9-6-12(19)13(20)17-16(4)7-10-18(11-8-16)24(5)23/h12-13,17,20H,6-11H2,1-5H3. The lowest BCUT2D eigenvalue weighted by Gasteiger charge is -2.47. The van der Waals surface area contributed by atoms with Gasteiger partial charge >= 0.3 is 6.09 Å². The summed E-state index contributed by atoms with van der Waals surface area (Å²) >= 11 is 5.34. The number of nitrogens with zero attached hydrogens (tertiary/aromatic N) is 2. The number of likely N-dealkylation sites (tertiary alicyclic amines) is 1. The Balaban J connectivity index is 1.87. The van der Waals surface area contributed by atoms with Gasteiger partial charge in [-0.1, -0.05) is 9.64 Å². The molecule has 0 aromatic heterocycles. The highest BCUT2D eigenvalue weighted by Gasteiger charge is 2.42. The Morgan fingerprint density at radius 1 is 1.38 bits per heavy atom. The molecule has 0 radical (unpaired) electrons. The van der Waals surface area contributed by atoms with Gasteiger partial charge in [-0.15, -0.1) is 0 Å². The normalized spacial score (nSPS) is 27.2. The average Bonchev–Trinajstić information content (AvgIpc) is 2.34. The molecule has 2 rings (SSSR count). The van der Waals surface area contributed by atoms with E-state index in [2.05, 4.69) is 22.8 Å². The van der Waals surface area contributed by atoms with Crippen molar-refractivity contribution in [2.45, 2.75) is 70.4 Å². The molecule has 3 unspecified atom stereocenters. The molecule has 0 aromatic carbocycles. The van der Waals surface area contributed by atoms with Gasteiger partial charge in [0.1, 0.15) is 11.8 Å². The molecule has 2 heterocycles. The van der Waals surface area contributed by atoms with Gasteiger partial charge in [0.2, 0.25) is 0 Å². The Hall–Kier alpha value is -0.280. The van der Waals surface area contributed by atoms with Crippen LogP contribution in [-0.2, 0) is 25.6 Å². The van der Waals surface area contributed by atoms with Gasteiger partial charge in [-0.3, -0.25) is 5.32 Å². The molecule has 8 heteroatoms. The number of hydrogen-bond donors (Lipinski definition) is 2. The van der Waals surface area contributed by atoms with Crippen molar-refractivity contribution in [2.24, 2.45) is 0 Å². The molecule has 2 aliphatic rings. The van der Waals surface area contributed by atoms with Crippen molar-refractivity contribution < 1.29 is 14.6 Å². The van der Waals surface area contributed by atoms with Crippen molar-refractivity contribution in [3.63, 3.8) is 0 Å². The molecule has 0 aromatic rings. The summed E-state index contributed by atoms with van der Waals surface area (Å²) in [4.78, 5) is 13.8. The second-order valence-electron chi connectivity index (χ2n) is 8.03. The zero-order valence-electron chi connectivity index (χ0n) is 15.4. The minimum absolute atomic E-state index is 0.112. The smallest absolute Gasteiger partial charge is 0.410 e. The fourth-order valence-electron chi connectivity index (χ4n) is 3.12. The number of aliphatic hydroxyl groups excluding tert-OH is 1. The van der Waals surface area contributed by atoms with E-state index in [1.54, 1.807) is 4.90 Å². The molecule has 0 aliphatic carbocycles. The van der Waals surface area contributed by atoms with E-state index in [4.69, 9.17) is 15.9 Å². The first-order chi connectivity index (χ1) is 11.0. The number of aliphatic hydroxyl groups is 1. The third-order valence-corrected chi connectivity index (χ3v) is 6.47. The number of ether oxygens (including phenoxy) is 1. The van der Waals surface area contributed by atoms with E-state index in [9.17, 15) is 9.90 Å². The predicted octanol–water partition coefficient (Wildman–Crippen LogP) is 1.38. The van der Waals surface area contributed by atoms with E-state index in [1.807, 2.05) is 20.8 Å². The van der Waals surface area contributed by atoms with E-state index < -0.39 is 11.8 Å². The van der Waals surface area contributed by atoms with E-state index in [0.29, 0.717) is 6.54 Å². The maximum atomic E-state index is 12.2. The molecule has 24 heavy (non-hydrogen) atoms. The summed E-state index contributed by atoms with van der Waals surface area (Å²) in [6, 6.07) is -0.213. The van der Waals surface area contributed by atoms with Crippen LogP contribution in [0.25, 0.3) is 0 Å². The Bertz CT molecular complexity index is 487. The van der Waals surface area contributed by atoms with Crippen molar-refractivity contribution >= 4 is 26.9 Å². The number of carbonyl (C=O) groups is 1. The zero-order valence-corrected chi connectivity index (χ0v) is 17.0. The minimum Gasteiger partial charge on any atom is -0.444 e. The number of piperidine rings is 1. The number of rotatable bonds is 4. The molecule has 2 saturated heterocycles. The summed E-state index contributed by atoms with van der Waals surface area (Å²) in [7, 11) is -0.112. The van der Waals surface area contributed by atoms with E-state index >= 15 is 0 Å². The van der Waals surface area contributed by atoms with Gasteiger partial charge in [0.05, 0.1) is 6.04 Å². The number of carbonyl (C=O) groups excluding carboxylic acids is 1. The second-order valence-corrected chi connectivity index (χ2v) is 10.8. The quantitative estimate of drug-likeness (QED) is 0.722. The Morgan fingerprint density at radius 2 is 1.96 bits per heavy atom. The fourth-order valence-corrected chi connectivity index (χ4v) is 4.26. The van der Waals surface area contributed by atoms with Gasteiger partial charge in [0.15, 0.2) is 0 Å². The zero-order chi connectivity index (χ0) is 18.1. The molecule has 2 N–H and O–H groups in total. The molecule has 2 aliphatic heterocycles. The molecule has 3 atom stereocenters. The Labute approximate surface area is 152 Å². The van der Waals surface area contributed by atoms with Crippen LogP contribution in [0.1, 0.15) is 47.0 Å². The number of nitrogens with one attached hydrogen (secondary N) is 1. The van der Waals surface area contributed by atoms with Crippen LogP contribution < -0.4 is 5.32 Å². The van der Waals surface area contributed by atoms with E-state index in [-0.39, 0.29) is 27.3 Å². The number of hydrogen-bond acceptors (Lipinski definition) is 5. The molecule has 6 nitrogen and oxygen atoms in total. The van der Waals surface area contributed by atoms with Gasteiger partial charge in [-0.2, -0.15) is 0 Å². The highest BCUT2D eigenvalue weighted by atomic mass is 32.8. The van der Waals surface area contributed by atoms with Crippen molar-refractivity contribution in [3.05, 3.63) is 0 Å². The lowest BCUT2D eigenvalue weighted by molar-refractivity contribution is -0.0602. The van der Waals surface area contributed by atoms with E-state index in [0.717, 1.165) is 32.4 Å². The maximum absolute atomic E-state index is 12.2. The van der Waals surface area contributed by atoms with Crippen molar-refractivity contribution in [1.29, 1.82) is 0 Å². The third-order valence-electron chi connectivity index (χ3n) is 4.74. The van der Waals surface area contributed by atoms with Crippen molar-refractivity contribution in [2.75, 3.05) is 25.9 Å². The van der Waals surface area contributed by atoms with Crippen LogP contribution in [0.15, 0.2) is 0 Å². The van der Waals surface area contributed by atoms with Crippen LogP contribution in [0.5, 0.6) is 0 Å². The Kier molecular flexibility index (Phi) is 6.29. The Morgan fingerprint density at radius 3 is 2.38 bits per heavy atom. The maximum Gasteiger partial charge on any atom is 0.410 e. The van der Waals surface area contributed by atoms with Crippen LogP contribution in [0, 0.1) is 0 Å². The SMILES string of the molecule is CS(=S)N1CCC(C)(NC(O)C2CCN2C(=O)OC(C)(C)C)CC1. The molecule has 0 saturated carbocycles. The summed E-state index contributed by atoms with van der Waals surface area (Å²) in [5, 5.41) is 13.9. The molecular weight excluding hydrogens is 346 g/mol. The highest BCUT2D eigenvalue weighted by Crippen LogP contribution is 2.27. The van der Waals surface area contributed by atoms with Gasteiger partial charge in [-0.25, -0.2) is 9.10 Å². The topological polar surface area (TPSA) is 65.0 Å². The van der Waals surface area contributed by atoms with E-state index in [1.165, 1.54) is 0 Å². The lowest BCUT2D eigenvalue weighted by atomic mass is 9.89. The summed E-state index contributed by atoms with van der Waals surface area (Å²) in [5.41, 5.74) is -0.643. The molecule has 1 amide bonds. The van der Waals surface area contributed by atoms with Gasteiger partial charge < -0.3 is 14.7 Å². The molecular formula is C16H31N3O3S2. The van der Waals surface area contributed by atoms with Crippen LogP contribution in [0.3, 0.4) is 0 Å². The molecule has 140 valence electrons. The first kappa shape index (κ1) is 20.0. The molecule has 0 spiro atoms. The lowest BCUT2D eigenvalue weighted by Crippen LogP contribution is -2.65. The van der Waals surface area contributed by atoms with Crippen LogP contribution in [0.2, 0.25) is 0 Å². The first-order valence-corrected chi connectivity index (χ1v) is 11.1. The summed E-state index contributed by atoms with van der Waals surface area (Å²) < 4.78 is 7.72. The van der Waals surface area contributed by atoms with Crippen molar-refractivity contribution in [3.8, 4) is 0 Å².